The largest absolute Gasteiger partial charge is 0.381 e. The molecule has 2 aromatic heterocycles. The first-order valence-corrected chi connectivity index (χ1v) is 5.73. The molecule has 3 heterocycles. The molecule has 1 aliphatic rings. The minimum Gasteiger partial charge on any atom is -0.381 e. The van der Waals surface area contributed by atoms with Crippen LogP contribution in [0.3, 0.4) is 0 Å². The zero-order chi connectivity index (χ0) is 9.54. The van der Waals surface area contributed by atoms with Gasteiger partial charge in [-0.3, -0.25) is 4.40 Å². The van der Waals surface area contributed by atoms with Crippen LogP contribution in [0.15, 0.2) is 11.6 Å². The standard InChI is InChI=1S/C10H12N2OS/c1-7-6-14-10-11-9(4-12(7)10)8-2-3-13-5-8/h4,6,8H,2-3,5H2,1H3. The number of thiazole rings is 1. The lowest BCUT2D eigenvalue weighted by Gasteiger charge is -2.00. The molecule has 0 saturated carbocycles. The fourth-order valence-corrected chi connectivity index (χ4v) is 2.73. The quantitative estimate of drug-likeness (QED) is 0.718. The topological polar surface area (TPSA) is 26.5 Å². The number of imidazole rings is 1. The van der Waals surface area contributed by atoms with E-state index in [-0.39, 0.29) is 0 Å². The van der Waals surface area contributed by atoms with Crippen molar-refractivity contribution in [3.8, 4) is 0 Å². The van der Waals surface area contributed by atoms with E-state index < -0.39 is 0 Å². The molecular formula is C10H12N2OS. The summed E-state index contributed by atoms with van der Waals surface area (Å²) in [6, 6.07) is 0. The Bertz CT molecular complexity index is 454. The molecule has 0 spiro atoms. The predicted molar refractivity (Wildman–Crippen MR) is 56.0 cm³/mol. The van der Waals surface area contributed by atoms with Crippen molar-refractivity contribution in [3.05, 3.63) is 23.0 Å². The molecule has 1 atom stereocenters. The minimum atomic E-state index is 0.515. The van der Waals surface area contributed by atoms with Crippen LogP contribution < -0.4 is 0 Å². The second-order valence-electron chi connectivity index (χ2n) is 3.76. The van der Waals surface area contributed by atoms with Gasteiger partial charge in [-0.05, 0) is 13.3 Å². The number of nitrogens with zero attached hydrogens (tertiary/aromatic N) is 2. The molecule has 14 heavy (non-hydrogen) atoms. The first kappa shape index (κ1) is 8.44. The Morgan fingerprint density at radius 3 is 3.29 bits per heavy atom. The van der Waals surface area contributed by atoms with Crippen LogP contribution in [0.5, 0.6) is 0 Å². The Balaban J connectivity index is 2.05. The molecule has 2 aromatic rings. The van der Waals surface area contributed by atoms with Gasteiger partial charge in [0, 0.05) is 29.8 Å². The normalized spacial score (nSPS) is 22.2. The van der Waals surface area contributed by atoms with Gasteiger partial charge in [-0.25, -0.2) is 4.98 Å². The van der Waals surface area contributed by atoms with E-state index in [1.165, 1.54) is 11.4 Å². The van der Waals surface area contributed by atoms with Crippen LogP contribution >= 0.6 is 11.3 Å². The van der Waals surface area contributed by atoms with Gasteiger partial charge < -0.3 is 4.74 Å². The number of fused-ring (bicyclic) bond motifs is 1. The van der Waals surface area contributed by atoms with E-state index in [1.54, 1.807) is 11.3 Å². The molecule has 3 nitrogen and oxygen atoms in total. The molecule has 74 valence electrons. The zero-order valence-electron chi connectivity index (χ0n) is 8.06. The van der Waals surface area contributed by atoms with Crippen molar-refractivity contribution >= 4 is 16.3 Å². The summed E-state index contributed by atoms with van der Waals surface area (Å²) in [5, 5.41) is 2.14. The average Bonchev–Trinajstić information content (AvgIpc) is 2.83. The molecule has 0 radical (unpaired) electrons. The smallest absolute Gasteiger partial charge is 0.194 e. The maximum atomic E-state index is 5.37. The molecule has 0 aliphatic carbocycles. The highest BCUT2D eigenvalue weighted by Crippen LogP contribution is 2.26. The van der Waals surface area contributed by atoms with Crippen molar-refractivity contribution in [2.24, 2.45) is 0 Å². The number of hydrogen-bond acceptors (Lipinski definition) is 3. The number of aromatic nitrogens is 2. The van der Waals surface area contributed by atoms with E-state index >= 15 is 0 Å². The molecule has 1 aliphatic heterocycles. The number of hydrogen-bond donors (Lipinski definition) is 0. The van der Waals surface area contributed by atoms with Crippen molar-refractivity contribution in [2.75, 3.05) is 13.2 Å². The zero-order valence-corrected chi connectivity index (χ0v) is 8.88. The molecule has 0 bridgehead atoms. The second kappa shape index (κ2) is 3.07. The van der Waals surface area contributed by atoms with E-state index in [0.29, 0.717) is 5.92 Å². The van der Waals surface area contributed by atoms with Crippen molar-refractivity contribution in [1.29, 1.82) is 0 Å². The monoisotopic (exact) mass is 208 g/mol. The Labute approximate surface area is 86.3 Å². The molecule has 4 heteroatoms. The maximum absolute atomic E-state index is 5.37. The van der Waals surface area contributed by atoms with E-state index in [0.717, 1.165) is 24.6 Å². The summed E-state index contributed by atoms with van der Waals surface area (Å²) in [6.45, 7) is 3.83. The lowest BCUT2D eigenvalue weighted by atomic mass is 10.1. The highest BCUT2D eigenvalue weighted by atomic mass is 32.1. The van der Waals surface area contributed by atoms with Crippen molar-refractivity contribution in [2.45, 2.75) is 19.3 Å². The highest BCUT2D eigenvalue weighted by molar-refractivity contribution is 7.15. The summed E-state index contributed by atoms with van der Waals surface area (Å²) in [6.07, 6.45) is 3.27. The second-order valence-corrected chi connectivity index (χ2v) is 4.59. The molecule has 0 amide bonds. The molecule has 1 saturated heterocycles. The molecule has 0 aromatic carbocycles. The Hall–Kier alpha value is -0.870. The summed E-state index contributed by atoms with van der Waals surface area (Å²) >= 11 is 1.70. The molecule has 3 rings (SSSR count). The van der Waals surface area contributed by atoms with Gasteiger partial charge in [-0.15, -0.1) is 11.3 Å². The first-order chi connectivity index (χ1) is 6.84. The number of rotatable bonds is 1. The van der Waals surface area contributed by atoms with Crippen LogP contribution in [0.1, 0.15) is 23.7 Å². The van der Waals surface area contributed by atoms with Crippen LogP contribution in [0.25, 0.3) is 4.96 Å². The van der Waals surface area contributed by atoms with Gasteiger partial charge >= 0.3 is 0 Å². The third kappa shape index (κ3) is 1.18. The van der Waals surface area contributed by atoms with Gasteiger partial charge in [0.25, 0.3) is 0 Å². The van der Waals surface area contributed by atoms with E-state index in [4.69, 9.17) is 4.74 Å². The van der Waals surface area contributed by atoms with Gasteiger partial charge in [0.2, 0.25) is 0 Å². The highest BCUT2D eigenvalue weighted by Gasteiger charge is 2.21. The van der Waals surface area contributed by atoms with Crippen LogP contribution in [-0.4, -0.2) is 22.6 Å². The maximum Gasteiger partial charge on any atom is 0.194 e. The van der Waals surface area contributed by atoms with E-state index in [2.05, 4.69) is 27.9 Å². The molecule has 1 fully saturated rings. The third-order valence-corrected chi connectivity index (χ3v) is 3.71. The third-order valence-electron chi connectivity index (χ3n) is 2.76. The summed E-state index contributed by atoms with van der Waals surface area (Å²) in [5.74, 6) is 0.515. The van der Waals surface area contributed by atoms with Crippen LogP contribution in [-0.2, 0) is 4.74 Å². The minimum absolute atomic E-state index is 0.515. The molecule has 0 N–H and O–H groups in total. The SMILES string of the molecule is Cc1csc2nc(C3CCOC3)cn12. The van der Waals surface area contributed by atoms with E-state index in [1.807, 2.05) is 0 Å². The fraction of sp³-hybridized carbons (Fsp3) is 0.500. The first-order valence-electron chi connectivity index (χ1n) is 4.85. The summed E-state index contributed by atoms with van der Waals surface area (Å²) in [4.78, 5) is 5.72. The lowest BCUT2D eigenvalue weighted by Crippen LogP contribution is -1.97. The Kier molecular flexibility index (Phi) is 1.85. The molecular weight excluding hydrogens is 196 g/mol. The van der Waals surface area contributed by atoms with Crippen LogP contribution in [0.2, 0.25) is 0 Å². The predicted octanol–water partition coefficient (Wildman–Crippen LogP) is 2.21. The van der Waals surface area contributed by atoms with Crippen LogP contribution in [0, 0.1) is 6.92 Å². The molecule has 1 unspecified atom stereocenters. The van der Waals surface area contributed by atoms with Gasteiger partial charge in [-0.1, -0.05) is 0 Å². The number of aryl methyl sites for hydroxylation is 1. The van der Waals surface area contributed by atoms with Crippen molar-refractivity contribution in [3.63, 3.8) is 0 Å². The van der Waals surface area contributed by atoms with E-state index in [9.17, 15) is 0 Å². The van der Waals surface area contributed by atoms with Crippen molar-refractivity contribution in [1.82, 2.24) is 9.38 Å². The van der Waals surface area contributed by atoms with Gasteiger partial charge in [0.1, 0.15) is 0 Å². The van der Waals surface area contributed by atoms with Gasteiger partial charge in [0.05, 0.1) is 12.3 Å². The lowest BCUT2D eigenvalue weighted by molar-refractivity contribution is 0.193. The summed E-state index contributed by atoms with van der Waals surface area (Å²) in [5.41, 5.74) is 2.46. The van der Waals surface area contributed by atoms with Crippen molar-refractivity contribution < 1.29 is 4.74 Å². The van der Waals surface area contributed by atoms with Crippen LogP contribution in [0.4, 0.5) is 0 Å². The number of ether oxygens (including phenoxy) is 1. The fourth-order valence-electron chi connectivity index (χ4n) is 1.88. The average molecular weight is 208 g/mol. The Morgan fingerprint density at radius 2 is 2.57 bits per heavy atom. The Morgan fingerprint density at radius 1 is 1.64 bits per heavy atom. The summed E-state index contributed by atoms with van der Waals surface area (Å²) in [7, 11) is 0. The van der Waals surface area contributed by atoms with Gasteiger partial charge in [-0.2, -0.15) is 0 Å². The summed E-state index contributed by atoms with van der Waals surface area (Å²) < 4.78 is 7.53. The van der Waals surface area contributed by atoms with Gasteiger partial charge in [0.15, 0.2) is 4.96 Å².